The van der Waals surface area contributed by atoms with E-state index in [2.05, 4.69) is 15.2 Å². The molecule has 0 saturated carbocycles. The van der Waals surface area contributed by atoms with E-state index in [1.165, 1.54) is 12.3 Å². The summed E-state index contributed by atoms with van der Waals surface area (Å²) in [5, 5.41) is 37.7. The number of aliphatic hydroxyl groups is 2. The summed E-state index contributed by atoms with van der Waals surface area (Å²) >= 11 is 0. The first-order valence-electron chi connectivity index (χ1n) is 7.42. The zero-order chi connectivity index (χ0) is 19.6. The molecule has 0 atom stereocenters. The summed E-state index contributed by atoms with van der Waals surface area (Å²) < 4.78 is 31.3. The molecule has 0 aliphatic heterocycles. The standard InChI is InChI=1S/C16H12F2N4O5/c17-8-27-13-1-2-14(16(23,24)10-6-19-20-7-10)21-15(13)9-3-11(18)5-12(4-9)22(25)26/h1-7,23-24H,8H2,(H,19,20). The van der Waals surface area contributed by atoms with E-state index in [0.29, 0.717) is 6.07 Å². The number of non-ortho nitro benzene ring substituents is 1. The molecule has 3 aromatic rings. The number of nitro benzene ring substituents is 1. The summed E-state index contributed by atoms with van der Waals surface area (Å²) in [6.45, 7) is -1.24. The maximum atomic E-state index is 13.8. The van der Waals surface area contributed by atoms with Crippen molar-refractivity contribution < 1.29 is 28.7 Å². The third kappa shape index (κ3) is 3.59. The number of hydrogen-bond acceptors (Lipinski definition) is 7. The van der Waals surface area contributed by atoms with Gasteiger partial charge in [-0.3, -0.25) is 15.2 Å². The molecule has 3 N–H and O–H groups in total. The van der Waals surface area contributed by atoms with Crippen LogP contribution in [0.2, 0.25) is 0 Å². The highest BCUT2D eigenvalue weighted by molar-refractivity contribution is 5.69. The van der Waals surface area contributed by atoms with Gasteiger partial charge in [-0.25, -0.2) is 13.8 Å². The van der Waals surface area contributed by atoms with Crippen molar-refractivity contribution in [3.63, 3.8) is 0 Å². The van der Waals surface area contributed by atoms with Crippen LogP contribution in [0.1, 0.15) is 11.3 Å². The Bertz CT molecular complexity index is 979. The molecule has 1 aromatic carbocycles. The van der Waals surface area contributed by atoms with Crippen LogP contribution in [-0.2, 0) is 5.79 Å². The predicted octanol–water partition coefficient (Wildman–Crippen LogP) is 2.01. The van der Waals surface area contributed by atoms with Gasteiger partial charge in [-0.1, -0.05) is 0 Å². The molecule has 0 fully saturated rings. The molecule has 0 saturated heterocycles. The molecule has 0 radical (unpaired) electrons. The van der Waals surface area contributed by atoms with Crippen LogP contribution in [0.4, 0.5) is 14.5 Å². The van der Waals surface area contributed by atoms with Gasteiger partial charge in [-0.2, -0.15) is 5.10 Å². The third-order valence-electron chi connectivity index (χ3n) is 3.69. The van der Waals surface area contributed by atoms with Crippen molar-refractivity contribution in [1.29, 1.82) is 0 Å². The second-order valence-electron chi connectivity index (χ2n) is 5.41. The van der Waals surface area contributed by atoms with Gasteiger partial charge in [-0.15, -0.1) is 0 Å². The van der Waals surface area contributed by atoms with Crippen molar-refractivity contribution in [2.75, 3.05) is 6.86 Å². The topological polar surface area (TPSA) is 134 Å². The van der Waals surface area contributed by atoms with Gasteiger partial charge < -0.3 is 14.9 Å². The van der Waals surface area contributed by atoms with Crippen LogP contribution < -0.4 is 4.74 Å². The van der Waals surface area contributed by atoms with Gasteiger partial charge in [0.1, 0.15) is 23.0 Å². The fourth-order valence-corrected chi connectivity index (χ4v) is 2.43. The van der Waals surface area contributed by atoms with E-state index >= 15 is 0 Å². The highest BCUT2D eigenvalue weighted by atomic mass is 19.1. The molecule has 2 heterocycles. The fraction of sp³-hybridized carbons (Fsp3) is 0.125. The van der Waals surface area contributed by atoms with Crippen LogP contribution in [-0.4, -0.2) is 37.2 Å². The highest BCUT2D eigenvalue weighted by Crippen LogP contribution is 2.34. The van der Waals surface area contributed by atoms with Gasteiger partial charge in [0, 0.05) is 17.8 Å². The van der Waals surface area contributed by atoms with E-state index in [4.69, 9.17) is 4.74 Å². The number of aromatic nitrogens is 3. The first-order valence-corrected chi connectivity index (χ1v) is 7.42. The molecule has 0 aliphatic rings. The lowest BCUT2D eigenvalue weighted by Gasteiger charge is -2.21. The molecule has 0 aliphatic carbocycles. The number of hydrogen-bond donors (Lipinski definition) is 3. The summed E-state index contributed by atoms with van der Waals surface area (Å²) in [4.78, 5) is 14.2. The van der Waals surface area contributed by atoms with Crippen molar-refractivity contribution in [3.05, 3.63) is 69.9 Å². The molecule has 9 nitrogen and oxygen atoms in total. The average Bonchev–Trinajstić information content (AvgIpc) is 3.17. The molecule has 0 amide bonds. The number of benzene rings is 1. The predicted molar refractivity (Wildman–Crippen MR) is 86.7 cm³/mol. The van der Waals surface area contributed by atoms with Gasteiger partial charge in [0.25, 0.3) is 5.69 Å². The number of nitrogens with zero attached hydrogens (tertiary/aromatic N) is 3. The largest absolute Gasteiger partial charge is 0.461 e. The van der Waals surface area contributed by atoms with E-state index in [0.717, 1.165) is 24.4 Å². The van der Waals surface area contributed by atoms with Crippen LogP contribution in [0.15, 0.2) is 42.7 Å². The number of aromatic amines is 1. The normalized spacial score (nSPS) is 11.4. The van der Waals surface area contributed by atoms with Gasteiger partial charge in [0.2, 0.25) is 12.6 Å². The Morgan fingerprint density at radius 1 is 1.30 bits per heavy atom. The van der Waals surface area contributed by atoms with E-state index in [1.807, 2.05) is 0 Å². The molecular formula is C16H12F2N4O5. The van der Waals surface area contributed by atoms with Gasteiger partial charge in [-0.05, 0) is 18.2 Å². The Morgan fingerprint density at radius 3 is 2.70 bits per heavy atom. The molecule has 3 rings (SSSR count). The second-order valence-corrected chi connectivity index (χ2v) is 5.41. The third-order valence-corrected chi connectivity index (χ3v) is 3.69. The van der Waals surface area contributed by atoms with Crippen LogP contribution in [0.25, 0.3) is 11.3 Å². The van der Waals surface area contributed by atoms with E-state index in [1.54, 1.807) is 0 Å². The first kappa shape index (κ1) is 18.4. The van der Waals surface area contributed by atoms with Crippen molar-refractivity contribution in [3.8, 4) is 17.0 Å². The smallest absolute Gasteiger partial charge is 0.273 e. The number of nitro groups is 1. The van der Waals surface area contributed by atoms with Gasteiger partial charge in [0.05, 0.1) is 22.7 Å². The SMILES string of the molecule is O=[N+]([O-])c1cc(F)cc(-c2nc(C(O)(O)c3cn[nH]c3)ccc2OCF)c1. The molecule has 0 bridgehead atoms. The number of H-pyrrole nitrogens is 1. The van der Waals surface area contributed by atoms with E-state index in [-0.39, 0.29) is 28.3 Å². The van der Waals surface area contributed by atoms with Crippen LogP contribution in [0.3, 0.4) is 0 Å². The van der Waals surface area contributed by atoms with Gasteiger partial charge >= 0.3 is 0 Å². The fourth-order valence-electron chi connectivity index (χ4n) is 2.43. The average molecular weight is 378 g/mol. The first-order chi connectivity index (χ1) is 12.8. The summed E-state index contributed by atoms with van der Waals surface area (Å²) in [6, 6.07) is 4.99. The molecule has 27 heavy (non-hydrogen) atoms. The van der Waals surface area contributed by atoms with E-state index in [9.17, 15) is 29.1 Å². The van der Waals surface area contributed by atoms with E-state index < -0.39 is 29.1 Å². The zero-order valence-electron chi connectivity index (χ0n) is 13.5. The summed E-state index contributed by atoms with van der Waals surface area (Å²) in [5.41, 5.74) is -1.21. The maximum Gasteiger partial charge on any atom is 0.273 e. The van der Waals surface area contributed by atoms with Crippen molar-refractivity contribution >= 4 is 5.69 Å². The Morgan fingerprint density at radius 2 is 2.07 bits per heavy atom. The molecule has 0 unspecified atom stereocenters. The second kappa shape index (κ2) is 7.05. The maximum absolute atomic E-state index is 13.8. The number of ether oxygens (including phenoxy) is 1. The van der Waals surface area contributed by atoms with Crippen molar-refractivity contribution in [1.82, 2.24) is 15.2 Å². The quantitative estimate of drug-likeness (QED) is 0.339. The molecule has 0 spiro atoms. The Kier molecular flexibility index (Phi) is 4.79. The number of halogens is 2. The summed E-state index contributed by atoms with van der Waals surface area (Å²) in [6.07, 6.45) is 2.38. The zero-order valence-corrected chi connectivity index (χ0v) is 13.5. The van der Waals surface area contributed by atoms with Crippen molar-refractivity contribution in [2.24, 2.45) is 0 Å². The number of nitrogens with one attached hydrogen (secondary N) is 1. The highest BCUT2D eigenvalue weighted by Gasteiger charge is 2.32. The van der Waals surface area contributed by atoms with Crippen LogP contribution in [0.5, 0.6) is 5.75 Å². The van der Waals surface area contributed by atoms with Crippen molar-refractivity contribution in [2.45, 2.75) is 5.79 Å². The minimum atomic E-state index is -2.57. The lowest BCUT2D eigenvalue weighted by Crippen LogP contribution is -2.27. The Labute approximate surface area is 150 Å². The molecule has 2 aromatic heterocycles. The molecule has 11 heteroatoms. The van der Waals surface area contributed by atoms with Crippen LogP contribution >= 0.6 is 0 Å². The lowest BCUT2D eigenvalue weighted by atomic mass is 10.0. The molecular weight excluding hydrogens is 366 g/mol. The number of alkyl halides is 1. The molecule has 140 valence electrons. The number of pyridine rings is 1. The minimum absolute atomic E-state index is 0.0367. The summed E-state index contributed by atoms with van der Waals surface area (Å²) in [7, 11) is 0. The lowest BCUT2D eigenvalue weighted by molar-refractivity contribution is -0.385. The van der Waals surface area contributed by atoms with Crippen LogP contribution in [0, 0.1) is 15.9 Å². The number of rotatable bonds is 6. The Hall–Kier alpha value is -3.44. The minimum Gasteiger partial charge on any atom is -0.461 e. The summed E-state index contributed by atoms with van der Waals surface area (Å²) in [5.74, 6) is -3.66. The monoisotopic (exact) mass is 378 g/mol. The Balaban J connectivity index is 2.18. The van der Waals surface area contributed by atoms with Gasteiger partial charge in [0.15, 0.2) is 0 Å².